The van der Waals surface area contributed by atoms with Crippen LogP contribution in [0.15, 0.2) is 24.5 Å². The van der Waals surface area contributed by atoms with Crippen LogP contribution in [0.3, 0.4) is 0 Å². The molecule has 0 bridgehead atoms. The van der Waals surface area contributed by atoms with Gasteiger partial charge in [0.25, 0.3) is 0 Å². The largest absolute Gasteiger partial charge is 0.478 e. The molecule has 1 unspecified atom stereocenters. The number of benzene rings is 1. The van der Waals surface area contributed by atoms with Gasteiger partial charge in [-0.1, -0.05) is 0 Å². The molecule has 19 heavy (non-hydrogen) atoms. The Bertz CT molecular complexity index is 600. The topological polar surface area (TPSA) is 64.3 Å². The molecular weight excluding hydrogens is 244 g/mol. The molecule has 2 aromatic rings. The summed E-state index contributed by atoms with van der Waals surface area (Å²) in [5.74, 6) is -0.909. The lowest BCUT2D eigenvalue weighted by Gasteiger charge is -2.10. The van der Waals surface area contributed by atoms with Gasteiger partial charge in [-0.3, -0.25) is 0 Å². The highest BCUT2D eigenvalue weighted by Crippen LogP contribution is 2.19. The number of imidazole rings is 1. The van der Waals surface area contributed by atoms with Gasteiger partial charge in [0.1, 0.15) is 0 Å². The number of carbonyl (C=O) groups is 1. The number of nitrogens with zero attached hydrogens (tertiary/aromatic N) is 2. The number of carboxylic acid groups (broad SMARTS) is 1. The van der Waals surface area contributed by atoms with E-state index < -0.39 is 5.97 Å². The van der Waals surface area contributed by atoms with Crippen molar-refractivity contribution in [2.75, 3.05) is 6.61 Å². The van der Waals surface area contributed by atoms with Gasteiger partial charge in [0.05, 0.1) is 29.0 Å². The molecule has 0 amide bonds. The van der Waals surface area contributed by atoms with E-state index in [0.717, 1.165) is 43.4 Å². The van der Waals surface area contributed by atoms with Crippen LogP contribution in [0.1, 0.15) is 29.6 Å². The van der Waals surface area contributed by atoms with E-state index in [1.165, 1.54) is 0 Å². The second-order valence-corrected chi connectivity index (χ2v) is 4.87. The smallest absolute Gasteiger partial charge is 0.335 e. The summed E-state index contributed by atoms with van der Waals surface area (Å²) in [5.41, 5.74) is 2.00. The summed E-state index contributed by atoms with van der Waals surface area (Å²) in [7, 11) is 0. The van der Waals surface area contributed by atoms with Crippen LogP contribution in [0.4, 0.5) is 0 Å². The third kappa shape index (κ3) is 2.46. The maximum atomic E-state index is 11.0. The summed E-state index contributed by atoms with van der Waals surface area (Å²) in [6.07, 6.45) is 5.31. The van der Waals surface area contributed by atoms with Crippen LogP contribution < -0.4 is 0 Å². The van der Waals surface area contributed by atoms with Crippen molar-refractivity contribution in [2.45, 2.75) is 31.9 Å². The van der Waals surface area contributed by atoms with Crippen molar-refractivity contribution in [1.82, 2.24) is 9.55 Å². The first kappa shape index (κ1) is 12.2. The molecule has 0 spiro atoms. The summed E-state index contributed by atoms with van der Waals surface area (Å²) in [6, 6.07) is 5.02. The van der Waals surface area contributed by atoms with Crippen LogP contribution in [0.25, 0.3) is 11.0 Å². The van der Waals surface area contributed by atoms with Crippen LogP contribution in [-0.4, -0.2) is 33.3 Å². The molecule has 5 heteroatoms. The number of aryl methyl sites for hydroxylation is 1. The Labute approximate surface area is 110 Å². The maximum Gasteiger partial charge on any atom is 0.335 e. The zero-order chi connectivity index (χ0) is 13.2. The Morgan fingerprint density at radius 1 is 1.53 bits per heavy atom. The van der Waals surface area contributed by atoms with Crippen molar-refractivity contribution >= 4 is 17.0 Å². The number of rotatable bonds is 4. The zero-order valence-electron chi connectivity index (χ0n) is 10.6. The number of aromatic carboxylic acids is 1. The Morgan fingerprint density at radius 2 is 2.42 bits per heavy atom. The number of aromatic nitrogens is 2. The van der Waals surface area contributed by atoms with E-state index in [1.54, 1.807) is 24.5 Å². The fourth-order valence-corrected chi connectivity index (χ4v) is 2.52. The first-order valence-electron chi connectivity index (χ1n) is 6.54. The van der Waals surface area contributed by atoms with Crippen LogP contribution in [0, 0.1) is 0 Å². The highest BCUT2D eigenvalue weighted by molar-refractivity contribution is 5.92. The van der Waals surface area contributed by atoms with Gasteiger partial charge >= 0.3 is 5.97 Å². The van der Waals surface area contributed by atoms with Gasteiger partial charge in [-0.05, 0) is 37.5 Å². The van der Waals surface area contributed by atoms with E-state index in [0.29, 0.717) is 11.7 Å². The van der Waals surface area contributed by atoms with Crippen molar-refractivity contribution in [2.24, 2.45) is 0 Å². The lowest BCUT2D eigenvalue weighted by atomic mass is 10.1. The summed E-state index contributed by atoms with van der Waals surface area (Å²) in [4.78, 5) is 15.3. The molecule has 1 fully saturated rings. The van der Waals surface area contributed by atoms with Gasteiger partial charge in [-0.2, -0.15) is 0 Å². The molecule has 1 aromatic carbocycles. The monoisotopic (exact) mass is 260 g/mol. The first-order valence-corrected chi connectivity index (χ1v) is 6.54. The average Bonchev–Trinajstić information content (AvgIpc) is 3.05. The highest BCUT2D eigenvalue weighted by atomic mass is 16.5. The summed E-state index contributed by atoms with van der Waals surface area (Å²) < 4.78 is 7.60. The Balaban J connectivity index is 1.81. The number of hydrogen-bond donors (Lipinski definition) is 1. The Kier molecular flexibility index (Phi) is 3.21. The van der Waals surface area contributed by atoms with Crippen LogP contribution >= 0.6 is 0 Å². The summed E-state index contributed by atoms with van der Waals surface area (Å²) in [5, 5.41) is 9.03. The molecule has 1 aliphatic heterocycles. The molecule has 0 aliphatic carbocycles. The van der Waals surface area contributed by atoms with Crippen LogP contribution in [-0.2, 0) is 11.3 Å². The molecule has 1 saturated heterocycles. The van der Waals surface area contributed by atoms with Crippen molar-refractivity contribution in [3.8, 4) is 0 Å². The molecule has 0 saturated carbocycles. The predicted octanol–water partition coefficient (Wildman–Crippen LogP) is 2.30. The number of hydrogen-bond acceptors (Lipinski definition) is 3. The molecule has 5 nitrogen and oxygen atoms in total. The lowest BCUT2D eigenvalue weighted by Crippen LogP contribution is -2.09. The van der Waals surface area contributed by atoms with E-state index in [-0.39, 0.29) is 0 Å². The summed E-state index contributed by atoms with van der Waals surface area (Å²) >= 11 is 0. The normalized spacial score (nSPS) is 19.1. The van der Waals surface area contributed by atoms with Gasteiger partial charge in [0.15, 0.2) is 0 Å². The van der Waals surface area contributed by atoms with Crippen molar-refractivity contribution in [3.05, 3.63) is 30.1 Å². The molecule has 100 valence electrons. The second-order valence-electron chi connectivity index (χ2n) is 4.87. The van der Waals surface area contributed by atoms with Crippen molar-refractivity contribution in [1.29, 1.82) is 0 Å². The van der Waals surface area contributed by atoms with Gasteiger partial charge in [-0.25, -0.2) is 9.78 Å². The summed E-state index contributed by atoms with van der Waals surface area (Å²) in [6.45, 7) is 1.67. The standard InChI is InChI=1S/C14H16N2O3/c17-14(18)10-3-4-12-13(8-10)16(9-15-12)6-5-11-2-1-7-19-11/h3-4,8-9,11H,1-2,5-7H2,(H,17,18). The van der Waals surface area contributed by atoms with Crippen molar-refractivity contribution < 1.29 is 14.6 Å². The average molecular weight is 260 g/mol. The fourth-order valence-electron chi connectivity index (χ4n) is 2.52. The quantitative estimate of drug-likeness (QED) is 0.916. The van der Waals surface area contributed by atoms with Gasteiger partial charge in [0.2, 0.25) is 0 Å². The molecular formula is C14H16N2O3. The van der Waals surface area contributed by atoms with E-state index in [9.17, 15) is 4.79 Å². The Morgan fingerprint density at radius 3 is 3.16 bits per heavy atom. The van der Waals surface area contributed by atoms with E-state index >= 15 is 0 Å². The minimum Gasteiger partial charge on any atom is -0.478 e. The Hall–Kier alpha value is -1.88. The molecule has 1 N–H and O–H groups in total. The highest BCUT2D eigenvalue weighted by Gasteiger charge is 2.16. The zero-order valence-corrected chi connectivity index (χ0v) is 10.6. The molecule has 1 aliphatic rings. The van der Waals surface area contributed by atoms with E-state index in [2.05, 4.69) is 4.98 Å². The minimum absolute atomic E-state index is 0.298. The minimum atomic E-state index is -0.909. The van der Waals surface area contributed by atoms with Gasteiger partial charge in [-0.15, -0.1) is 0 Å². The van der Waals surface area contributed by atoms with E-state index in [4.69, 9.17) is 9.84 Å². The fraction of sp³-hybridized carbons (Fsp3) is 0.429. The van der Waals surface area contributed by atoms with Crippen LogP contribution in [0.5, 0.6) is 0 Å². The molecule has 1 aromatic heterocycles. The second kappa shape index (κ2) is 5.01. The van der Waals surface area contributed by atoms with Gasteiger partial charge in [0, 0.05) is 13.2 Å². The van der Waals surface area contributed by atoms with Crippen LogP contribution in [0.2, 0.25) is 0 Å². The third-order valence-corrected chi connectivity index (χ3v) is 3.58. The number of fused-ring (bicyclic) bond motifs is 1. The molecule has 0 radical (unpaired) electrons. The maximum absolute atomic E-state index is 11.0. The molecule has 3 rings (SSSR count). The lowest BCUT2D eigenvalue weighted by molar-refractivity contribution is 0.0697. The number of carboxylic acids is 1. The van der Waals surface area contributed by atoms with Crippen molar-refractivity contribution in [3.63, 3.8) is 0 Å². The third-order valence-electron chi connectivity index (χ3n) is 3.58. The first-order chi connectivity index (χ1) is 9.24. The molecule has 2 heterocycles. The van der Waals surface area contributed by atoms with Gasteiger partial charge < -0.3 is 14.4 Å². The molecule has 1 atom stereocenters. The SMILES string of the molecule is O=C(O)c1ccc2ncn(CCC3CCCO3)c2c1. The predicted molar refractivity (Wildman–Crippen MR) is 70.3 cm³/mol. The number of ether oxygens (including phenoxy) is 1. The van der Waals surface area contributed by atoms with E-state index in [1.807, 2.05) is 4.57 Å².